The van der Waals surface area contributed by atoms with Gasteiger partial charge in [0.1, 0.15) is 24.6 Å². The lowest BCUT2D eigenvalue weighted by Crippen LogP contribution is -2.47. The molecular formula is C27H32O5. The molecular weight excluding hydrogens is 404 g/mol. The van der Waals surface area contributed by atoms with E-state index in [1.807, 2.05) is 18.2 Å². The second-order valence-corrected chi connectivity index (χ2v) is 10.0. The van der Waals surface area contributed by atoms with E-state index in [0.29, 0.717) is 12.5 Å². The van der Waals surface area contributed by atoms with Gasteiger partial charge in [-0.2, -0.15) is 0 Å². The fourth-order valence-electron chi connectivity index (χ4n) is 6.81. The van der Waals surface area contributed by atoms with E-state index in [1.54, 1.807) is 0 Å². The molecule has 2 aromatic rings. The fraction of sp³-hybridized carbons (Fsp3) is 0.519. The summed E-state index contributed by atoms with van der Waals surface area (Å²) in [6.07, 6.45) is 1.12. The van der Waals surface area contributed by atoms with Gasteiger partial charge in [-0.15, -0.1) is 0 Å². The van der Waals surface area contributed by atoms with Gasteiger partial charge >= 0.3 is 5.97 Å². The molecule has 0 saturated heterocycles. The van der Waals surface area contributed by atoms with E-state index < -0.39 is 29.7 Å². The molecule has 2 saturated carbocycles. The third kappa shape index (κ3) is 3.52. The maximum Gasteiger partial charge on any atom is 0.303 e. The van der Waals surface area contributed by atoms with Crippen molar-refractivity contribution in [1.29, 1.82) is 0 Å². The third-order valence-corrected chi connectivity index (χ3v) is 8.21. The molecule has 0 bridgehead atoms. The molecule has 2 aromatic carbocycles. The van der Waals surface area contributed by atoms with Crippen LogP contribution in [-0.4, -0.2) is 34.5 Å². The van der Waals surface area contributed by atoms with Crippen LogP contribution in [0.1, 0.15) is 55.7 Å². The predicted molar refractivity (Wildman–Crippen MR) is 120 cm³/mol. The number of aliphatic hydroxyl groups excluding tert-OH is 2. The lowest BCUT2D eigenvalue weighted by atomic mass is 9.55. The molecule has 5 nitrogen and oxygen atoms in total. The van der Waals surface area contributed by atoms with E-state index in [0.717, 1.165) is 37.0 Å². The molecule has 2 N–H and O–H groups in total. The topological polar surface area (TPSA) is 76.0 Å². The van der Waals surface area contributed by atoms with Gasteiger partial charge in [0.25, 0.3) is 0 Å². The van der Waals surface area contributed by atoms with Crippen molar-refractivity contribution in [3.8, 4) is 5.75 Å². The number of ether oxygens (including phenoxy) is 2. The number of hydrogen-bond donors (Lipinski definition) is 2. The highest BCUT2D eigenvalue weighted by molar-refractivity contribution is 5.66. The number of rotatable bonds is 4. The quantitative estimate of drug-likeness (QED) is 0.709. The minimum atomic E-state index is -1.03. The summed E-state index contributed by atoms with van der Waals surface area (Å²) >= 11 is 0. The average molecular weight is 437 g/mol. The van der Waals surface area contributed by atoms with Crippen molar-refractivity contribution < 1.29 is 24.5 Å². The van der Waals surface area contributed by atoms with Crippen molar-refractivity contribution >= 4 is 5.97 Å². The minimum absolute atomic E-state index is 0.0808. The summed E-state index contributed by atoms with van der Waals surface area (Å²) in [5.41, 5.74) is 3.41. The second kappa shape index (κ2) is 8.20. The standard InChI is InChI=1S/C27H32O5/c1-16(28)32-26-25(30)24(29)23-22-10-8-18-14-19(31-15-17-6-4-3-5-7-17)9-11-20(18)21(22)12-13-27(23,26)2/h3-7,9,11,14,21-26,29-30H,8,10,12-13,15H2,1-2H3/t21-,22-,23-,24-,25-,26+,27+/m1/s1. The molecule has 32 heavy (non-hydrogen) atoms. The molecule has 3 aliphatic rings. The maximum absolute atomic E-state index is 11.7. The fourth-order valence-corrected chi connectivity index (χ4v) is 6.81. The van der Waals surface area contributed by atoms with E-state index in [4.69, 9.17) is 9.47 Å². The van der Waals surface area contributed by atoms with Crippen molar-refractivity contribution in [3.05, 3.63) is 65.2 Å². The summed E-state index contributed by atoms with van der Waals surface area (Å²) in [7, 11) is 0. The van der Waals surface area contributed by atoms with E-state index in [2.05, 4.69) is 37.3 Å². The van der Waals surface area contributed by atoms with Crippen LogP contribution < -0.4 is 4.74 Å². The van der Waals surface area contributed by atoms with Gasteiger partial charge in [0.05, 0.1) is 6.10 Å². The van der Waals surface area contributed by atoms with E-state index in [9.17, 15) is 15.0 Å². The van der Waals surface area contributed by atoms with Crippen LogP contribution in [-0.2, 0) is 22.6 Å². The molecule has 5 rings (SSSR count). The Morgan fingerprint density at radius 2 is 1.88 bits per heavy atom. The molecule has 170 valence electrons. The molecule has 3 aliphatic carbocycles. The largest absolute Gasteiger partial charge is 0.489 e. The zero-order valence-electron chi connectivity index (χ0n) is 18.7. The zero-order chi connectivity index (χ0) is 22.5. The van der Waals surface area contributed by atoms with Gasteiger partial charge in [0.15, 0.2) is 0 Å². The SMILES string of the molecule is CC(=O)O[C@H]1[C@H](O)[C@H](O)[C@H]2[C@@H]3CCc4cc(OCc5ccccc5)ccc4[C@H]3CC[C@@]21C. The molecule has 2 fully saturated rings. The van der Waals surface area contributed by atoms with Gasteiger partial charge in [-0.1, -0.05) is 43.3 Å². The van der Waals surface area contributed by atoms with E-state index in [1.165, 1.54) is 18.1 Å². The van der Waals surface area contributed by atoms with Crippen molar-refractivity contribution in [3.63, 3.8) is 0 Å². The summed E-state index contributed by atoms with van der Waals surface area (Å²) in [4.78, 5) is 11.7. The Bertz CT molecular complexity index is 989. The summed E-state index contributed by atoms with van der Waals surface area (Å²) in [6.45, 7) is 4.00. The molecule has 0 radical (unpaired) electrons. The first-order chi connectivity index (χ1) is 15.4. The van der Waals surface area contributed by atoms with Crippen LogP contribution in [0.3, 0.4) is 0 Å². The number of fused-ring (bicyclic) bond motifs is 5. The van der Waals surface area contributed by atoms with Gasteiger partial charge in [0, 0.05) is 12.3 Å². The zero-order valence-corrected chi connectivity index (χ0v) is 18.7. The van der Waals surface area contributed by atoms with Crippen molar-refractivity contribution in [1.82, 2.24) is 0 Å². The van der Waals surface area contributed by atoms with Gasteiger partial charge in [-0.05, 0) is 72.3 Å². The molecule has 0 amide bonds. The lowest BCUT2D eigenvalue weighted by Gasteiger charge is -2.50. The normalized spacial score (nSPS) is 35.4. The number of benzene rings is 2. The molecule has 7 atom stereocenters. The highest BCUT2D eigenvalue weighted by Crippen LogP contribution is 2.61. The van der Waals surface area contributed by atoms with Gasteiger partial charge in [-0.3, -0.25) is 4.79 Å². The molecule has 0 heterocycles. The van der Waals surface area contributed by atoms with E-state index in [-0.39, 0.29) is 11.8 Å². The Kier molecular flexibility index (Phi) is 5.50. The predicted octanol–water partition coefficient (Wildman–Crippen LogP) is 4.00. The Hall–Kier alpha value is -2.37. The monoisotopic (exact) mass is 436 g/mol. The van der Waals surface area contributed by atoms with Crippen molar-refractivity contribution in [2.45, 2.75) is 70.4 Å². The molecule has 5 heteroatoms. The summed E-state index contributed by atoms with van der Waals surface area (Å²) in [5, 5.41) is 21.7. The lowest BCUT2D eigenvalue weighted by molar-refractivity contribution is -0.161. The number of carbonyl (C=O) groups is 1. The first-order valence-corrected chi connectivity index (χ1v) is 11.7. The van der Waals surface area contributed by atoms with Crippen LogP contribution in [0.2, 0.25) is 0 Å². The second-order valence-electron chi connectivity index (χ2n) is 10.0. The average Bonchev–Trinajstić information content (AvgIpc) is 2.98. The Balaban J connectivity index is 1.36. The van der Waals surface area contributed by atoms with Gasteiger partial charge in [0.2, 0.25) is 0 Å². The number of esters is 1. The van der Waals surface area contributed by atoms with Crippen LogP contribution in [0.4, 0.5) is 0 Å². The third-order valence-electron chi connectivity index (χ3n) is 8.21. The van der Waals surface area contributed by atoms with Crippen molar-refractivity contribution in [2.24, 2.45) is 17.3 Å². The maximum atomic E-state index is 11.7. The first-order valence-electron chi connectivity index (χ1n) is 11.7. The molecule has 0 aliphatic heterocycles. The molecule has 0 aromatic heterocycles. The smallest absolute Gasteiger partial charge is 0.303 e. The van der Waals surface area contributed by atoms with Crippen LogP contribution in [0.5, 0.6) is 5.75 Å². The first kappa shape index (κ1) is 21.5. The Morgan fingerprint density at radius 1 is 1.09 bits per heavy atom. The minimum Gasteiger partial charge on any atom is -0.489 e. The van der Waals surface area contributed by atoms with Crippen LogP contribution in [0, 0.1) is 17.3 Å². The summed E-state index contributed by atoms with van der Waals surface area (Å²) in [5.74, 6) is 1.02. The number of aryl methyl sites for hydroxylation is 1. The molecule has 0 unspecified atom stereocenters. The Morgan fingerprint density at radius 3 is 2.62 bits per heavy atom. The van der Waals surface area contributed by atoms with Crippen LogP contribution in [0.25, 0.3) is 0 Å². The number of hydrogen-bond acceptors (Lipinski definition) is 5. The van der Waals surface area contributed by atoms with Crippen LogP contribution >= 0.6 is 0 Å². The summed E-state index contributed by atoms with van der Waals surface area (Å²) in [6, 6.07) is 16.6. The van der Waals surface area contributed by atoms with Gasteiger partial charge < -0.3 is 19.7 Å². The summed E-state index contributed by atoms with van der Waals surface area (Å²) < 4.78 is 11.6. The number of carbonyl (C=O) groups excluding carboxylic acids is 1. The Labute approximate surface area is 189 Å². The van der Waals surface area contributed by atoms with Gasteiger partial charge in [-0.25, -0.2) is 0 Å². The van der Waals surface area contributed by atoms with E-state index >= 15 is 0 Å². The van der Waals surface area contributed by atoms with Crippen molar-refractivity contribution in [2.75, 3.05) is 0 Å². The number of aliphatic hydroxyl groups is 2. The van der Waals surface area contributed by atoms with Crippen LogP contribution in [0.15, 0.2) is 48.5 Å². The highest BCUT2D eigenvalue weighted by Gasteiger charge is 2.64. The molecule has 0 spiro atoms. The highest BCUT2D eigenvalue weighted by atomic mass is 16.6.